The molecule has 128 valence electrons. The molecule has 0 aromatic heterocycles. The third-order valence-corrected chi connectivity index (χ3v) is 4.03. The maximum absolute atomic E-state index is 6.26. The molecule has 0 bridgehead atoms. The first kappa shape index (κ1) is 16.9. The summed E-state index contributed by atoms with van der Waals surface area (Å²) in [5, 5.41) is 3.36. The number of halogens is 1. The van der Waals surface area contributed by atoms with Crippen molar-refractivity contribution in [2.24, 2.45) is 0 Å². The van der Waals surface area contributed by atoms with Gasteiger partial charge in [0.15, 0.2) is 17.6 Å². The van der Waals surface area contributed by atoms with Gasteiger partial charge in [0.1, 0.15) is 11.9 Å². The van der Waals surface area contributed by atoms with Gasteiger partial charge in [0.2, 0.25) is 6.79 Å². The molecule has 0 aliphatic carbocycles. The number of hydrogen-bond donors (Lipinski definition) is 1. The van der Waals surface area contributed by atoms with Gasteiger partial charge in [-0.05, 0) is 17.7 Å². The van der Waals surface area contributed by atoms with Crippen LogP contribution in [0.5, 0.6) is 17.2 Å². The van der Waals surface area contributed by atoms with Gasteiger partial charge in [-0.1, -0.05) is 30.3 Å². The molecule has 2 heterocycles. The van der Waals surface area contributed by atoms with E-state index in [0.717, 1.165) is 35.9 Å². The number of nitrogens with one attached hydrogen (secondary N) is 1. The fraction of sp³-hybridized carbons (Fsp3) is 0.333. The Bertz CT molecular complexity index is 661. The highest BCUT2D eigenvalue weighted by Gasteiger charge is 2.28. The Morgan fingerprint density at radius 3 is 2.67 bits per heavy atom. The van der Waals surface area contributed by atoms with Crippen LogP contribution in [0, 0.1) is 0 Å². The maximum atomic E-state index is 6.26. The predicted octanol–water partition coefficient (Wildman–Crippen LogP) is 2.95. The van der Waals surface area contributed by atoms with Crippen molar-refractivity contribution in [2.45, 2.75) is 12.2 Å². The molecule has 0 amide bonds. The summed E-state index contributed by atoms with van der Waals surface area (Å²) in [6.45, 7) is 2.60. The molecule has 1 fully saturated rings. The van der Waals surface area contributed by atoms with Crippen LogP contribution in [0.1, 0.15) is 11.7 Å². The second-order valence-electron chi connectivity index (χ2n) is 5.58. The third-order valence-electron chi connectivity index (χ3n) is 4.03. The first-order valence-corrected chi connectivity index (χ1v) is 7.84. The number of morpholine rings is 1. The highest BCUT2D eigenvalue weighted by Crippen LogP contribution is 2.37. The molecule has 2 aliphatic rings. The van der Waals surface area contributed by atoms with Crippen LogP contribution < -0.4 is 19.5 Å². The molecule has 2 aromatic rings. The zero-order valence-corrected chi connectivity index (χ0v) is 14.0. The minimum absolute atomic E-state index is 0. The van der Waals surface area contributed by atoms with E-state index in [2.05, 4.69) is 17.4 Å². The first-order chi connectivity index (χ1) is 11.4. The molecular weight excluding hydrogens is 330 g/mol. The molecule has 24 heavy (non-hydrogen) atoms. The molecule has 1 saturated heterocycles. The Labute approximate surface area is 147 Å². The van der Waals surface area contributed by atoms with E-state index in [1.165, 1.54) is 0 Å². The van der Waals surface area contributed by atoms with Crippen molar-refractivity contribution in [3.8, 4) is 17.2 Å². The van der Waals surface area contributed by atoms with Crippen LogP contribution in [-0.4, -0.2) is 32.6 Å². The van der Waals surface area contributed by atoms with Gasteiger partial charge in [-0.2, -0.15) is 0 Å². The van der Waals surface area contributed by atoms with Gasteiger partial charge in [0.25, 0.3) is 0 Å². The molecular formula is C18H20ClNO4. The van der Waals surface area contributed by atoms with E-state index >= 15 is 0 Å². The van der Waals surface area contributed by atoms with E-state index in [9.17, 15) is 0 Å². The molecule has 5 nitrogen and oxygen atoms in total. The van der Waals surface area contributed by atoms with Crippen molar-refractivity contribution >= 4 is 12.4 Å². The maximum Gasteiger partial charge on any atom is 0.231 e. The normalized spacial score (nSPS) is 20.1. The monoisotopic (exact) mass is 349 g/mol. The number of fused-ring (bicyclic) bond motifs is 1. The summed E-state index contributed by atoms with van der Waals surface area (Å²) in [5.41, 5.74) is 1.10. The second-order valence-corrected chi connectivity index (χ2v) is 5.58. The number of benzene rings is 2. The Morgan fingerprint density at radius 2 is 1.88 bits per heavy atom. The van der Waals surface area contributed by atoms with Gasteiger partial charge in [-0.15, -0.1) is 12.4 Å². The Morgan fingerprint density at radius 1 is 1.04 bits per heavy atom. The molecule has 0 spiro atoms. The predicted molar refractivity (Wildman–Crippen MR) is 92.2 cm³/mol. The van der Waals surface area contributed by atoms with Gasteiger partial charge < -0.3 is 24.3 Å². The van der Waals surface area contributed by atoms with Crippen molar-refractivity contribution in [1.82, 2.24) is 5.32 Å². The van der Waals surface area contributed by atoms with E-state index in [1.807, 2.05) is 36.4 Å². The van der Waals surface area contributed by atoms with Crippen molar-refractivity contribution in [2.75, 3.05) is 26.5 Å². The Balaban J connectivity index is 0.00000169. The molecule has 0 saturated carbocycles. The lowest BCUT2D eigenvalue weighted by atomic mass is 10.0. The average Bonchev–Trinajstić information content (AvgIpc) is 3.09. The largest absolute Gasteiger partial charge is 0.483 e. The van der Waals surface area contributed by atoms with Crippen molar-refractivity contribution in [3.63, 3.8) is 0 Å². The van der Waals surface area contributed by atoms with Crippen LogP contribution in [0.25, 0.3) is 0 Å². The number of rotatable bonds is 4. The Hall–Kier alpha value is -1.95. The van der Waals surface area contributed by atoms with Gasteiger partial charge >= 0.3 is 0 Å². The third kappa shape index (κ3) is 3.59. The lowest BCUT2D eigenvalue weighted by Gasteiger charge is -2.31. The van der Waals surface area contributed by atoms with Crippen LogP contribution in [-0.2, 0) is 4.74 Å². The van der Waals surface area contributed by atoms with E-state index in [0.29, 0.717) is 6.61 Å². The highest BCUT2D eigenvalue weighted by molar-refractivity contribution is 5.85. The molecule has 2 aromatic carbocycles. The van der Waals surface area contributed by atoms with Crippen LogP contribution in [0.3, 0.4) is 0 Å². The second kappa shape index (κ2) is 7.75. The number of ether oxygens (including phenoxy) is 4. The van der Waals surface area contributed by atoms with E-state index in [1.54, 1.807) is 0 Å². The minimum atomic E-state index is -0.177. The minimum Gasteiger partial charge on any atom is -0.483 e. The van der Waals surface area contributed by atoms with Crippen LogP contribution in [0.2, 0.25) is 0 Å². The van der Waals surface area contributed by atoms with E-state index in [-0.39, 0.29) is 31.4 Å². The van der Waals surface area contributed by atoms with Gasteiger partial charge in [0.05, 0.1) is 6.61 Å². The summed E-state index contributed by atoms with van der Waals surface area (Å²) in [6, 6.07) is 15.8. The summed E-state index contributed by atoms with van der Waals surface area (Å²) in [5.74, 6) is 2.22. The van der Waals surface area contributed by atoms with Crippen LogP contribution >= 0.6 is 12.4 Å². The van der Waals surface area contributed by atoms with Crippen molar-refractivity contribution in [1.29, 1.82) is 0 Å². The van der Waals surface area contributed by atoms with E-state index < -0.39 is 0 Å². The molecule has 0 radical (unpaired) electrons. The van der Waals surface area contributed by atoms with E-state index in [4.69, 9.17) is 18.9 Å². The Kier molecular flexibility index (Phi) is 5.45. The fourth-order valence-electron chi connectivity index (χ4n) is 2.88. The highest BCUT2D eigenvalue weighted by atomic mass is 35.5. The smallest absolute Gasteiger partial charge is 0.231 e. The first-order valence-electron chi connectivity index (χ1n) is 7.84. The molecule has 2 aliphatic heterocycles. The average molecular weight is 350 g/mol. The summed E-state index contributed by atoms with van der Waals surface area (Å²) < 4.78 is 23.0. The lowest BCUT2D eigenvalue weighted by molar-refractivity contribution is -0.0432. The van der Waals surface area contributed by atoms with Gasteiger partial charge in [-0.25, -0.2) is 0 Å². The summed E-state index contributed by atoms with van der Waals surface area (Å²) in [7, 11) is 0. The topological polar surface area (TPSA) is 49.0 Å². The molecule has 6 heteroatoms. The van der Waals surface area contributed by atoms with Gasteiger partial charge in [0, 0.05) is 19.2 Å². The quantitative estimate of drug-likeness (QED) is 0.919. The zero-order chi connectivity index (χ0) is 15.5. The molecule has 2 atom stereocenters. The zero-order valence-electron chi connectivity index (χ0n) is 13.1. The SMILES string of the molecule is Cl.c1ccc(C(Oc2ccc3c(c2)OCO3)C2CNCCO2)cc1. The summed E-state index contributed by atoms with van der Waals surface area (Å²) in [6.07, 6.45) is -0.207. The van der Waals surface area contributed by atoms with Crippen LogP contribution in [0.15, 0.2) is 48.5 Å². The molecule has 2 unspecified atom stereocenters. The molecule has 1 N–H and O–H groups in total. The van der Waals surface area contributed by atoms with Crippen LogP contribution in [0.4, 0.5) is 0 Å². The standard InChI is InChI=1S/C18H19NO4.ClH/c1-2-4-13(5-3-1)18(17-11-19-8-9-20-17)23-14-6-7-15-16(10-14)22-12-21-15;/h1-7,10,17-19H,8-9,11-12H2;1H. The number of hydrogen-bond acceptors (Lipinski definition) is 5. The summed E-state index contributed by atoms with van der Waals surface area (Å²) in [4.78, 5) is 0. The lowest BCUT2D eigenvalue weighted by Crippen LogP contribution is -2.43. The summed E-state index contributed by atoms with van der Waals surface area (Å²) >= 11 is 0. The van der Waals surface area contributed by atoms with Crippen molar-refractivity contribution < 1.29 is 18.9 Å². The van der Waals surface area contributed by atoms with Gasteiger partial charge in [-0.3, -0.25) is 0 Å². The fourth-order valence-corrected chi connectivity index (χ4v) is 2.88. The molecule has 4 rings (SSSR count). The van der Waals surface area contributed by atoms with Crippen molar-refractivity contribution in [3.05, 3.63) is 54.1 Å².